The van der Waals surface area contributed by atoms with Gasteiger partial charge in [0.25, 0.3) is 0 Å². The third kappa shape index (κ3) is 3.28. The zero-order valence-electron chi connectivity index (χ0n) is 12.0. The second-order valence-electron chi connectivity index (χ2n) is 6.88. The zero-order valence-corrected chi connectivity index (χ0v) is 12.8. The Morgan fingerprint density at radius 3 is 2.63 bits per heavy atom. The molecule has 3 heteroatoms. The lowest BCUT2D eigenvalue weighted by Gasteiger charge is -2.33. The predicted molar refractivity (Wildman–Crippen MR) is 79.8 cm³/mol. The van der Waals surface area contributed by atoms with Crippen molar-refractivity contribution >= 4 is 11.6 Å². The summed E-state index contributed by atoms with van der Waals surface area (Å²) < 4.78 is 6.42. The van der Waals surface area contributed by atoms with E-state index in [0.717, 1.165) is 12.4 Å². The number of nitrogens with one attached hydrogen (secondary N) is 1. The fourth-order valence-corrected chi connectivity index (χ4v) is 4.75. The summed E-state index contributed by atoms with van der Waals surface area (Å²) in [6, 6.07) is 0.643. The van der Waals surface area contributed by atoms with Crippen molar-refractivity contribution in [1.82, 2.24) is 5.32 Å². The van der Waals surface area contributed by atoms with E-state index in [-0.39, 0.29) is 5.60 Å². The molecule has 110 valence electrons. The van der Waals surface area contributed by atoms with Gasteiger partial charge in [-0.2, -0.15) is 0 Å². The van der Waals surface area contributed by atoms with Gasteiger partial charge in [0.15, 0.2) is 0 Å². The van der Waals surface area contributed by atoms with Crippen molar-refractivity contribution in [2.75, 3.05) is 12.4 Å². The van der Waals surface area contributed by atoms with E-state index in [0.29, 0.717) is 18.1 Å². The van der Waals surface area contributed by atoms with Crippen molar-refractivity contribution in [2.24, 2.45) is 5.92 Å². The Bertz CT molecular complexity index is 290. The van der Waals surface area contributed by atoms with Crippen LogP contribution in [0.25, 0.3) is 0 Å². The van der Waals surface area contributed by atoms with E-state index in [1.807, 2.05) is 0 Å². The molecule has 3 aliphatic rings. The van der Waals surface area contributed by atoms with Crippen LogP contribution < -0.4 is 5.32 Å². The molecule has 0 aromatic heterocycles. The van der Waals surface area contributed by atoms with Gasteiger partial charge in [-0.3, -0.25) is 0 Å². The highest BCUT2D eigenvalue weighted by molar-refractivity contribution is 6.18. The summed E-state index contributed by atoms with van der Waals surface area (Å²) in [6.45, 7) is 1.04. The van der Waals surface area contributed by atoms with Crippen LogP contribution in [0.15, 0.2) is 0 Å². The van der Waals surface area contributed by atoms with Gasteiger partial charge in [0.2, 0.25) is 0 Å². The summed E-state index contributed by atoms with van der Waals surface area (Å²) in [5, 5.41) is 3.74. The molecule has 0 bridgehead atoms. The Kier molecular flexibility index (Phi) is 4.71. The van der Waals surface area contributed by atoms with Crippen molar-refractivity contribution < 1.29 is 4.74 Å². The third-order valence-electron chi connectivity index (χ3n) is 5.57. The van der Waals surface area contributed by atoms with Crippen LogP contribution >= 0.6 is 11.6 Å². The summed E-state index contributed by atoms with van der Waals surface area (Å²) in [4.78, 5) is 0. The molecule has 0 aromatic carbocycles. The van der Waals surface area contributed by atoms with E-state index in [1.165, 1.54) is 64.2 Å². The van der Waals surface area contributed by atoms with Crippen LogP contribution in [0.4, 0.5) is 0 Å². The van der Waals surface area contributed by atoms with Gasteiger partial charge in [-0.25, -0.2) is 0 Å². The van der Waals surface area contributed by atoms with E-state index in [9.17, 15) is 0 Å². The molecule has 2 saturated carbocycles. The number of hydrogen-bond donors (Lipinski definition) is 1. The number of hydrogen-bond acceptors (Lipinski definition) is 2. The average molecular weight is 286 g/mol. The largest absolute Gasteiger partial charge is 0.370 e. The molecule has 1 aliphatic heterocycles. The van der Waals surface area contributed by atoms with E-state index < -0.39 is 0 Å². The molecule has 1 heterocycles. The van der Waals surface area contributed by atoms with Gasteiger partial charge in [-0.05, 0) is 44.4 Å². The molecule has 0 aromatic rings. The molecule has 0 radical (unpaired) electrons. The van der Waals surface area contributed by atoms with E-state index >= 15 is 0 Å². The van der Waals surface area contributed by atoms with Gasteiger partial charge in [0.1, 0.15) is 0 Å². The first-order valence-corrected chi connectivity index (χ1v) is 8.82. The van der Waals surface area contributed by atoms with Crippen molar-refractivity contribution in [3.05, 3.63) is 0 Å². The maximum atomic E-state index is 6.42. The van der Waals surface area contributed by atoms with Crippen LogP contribution in [0, 0.1) is 5.92 Å². The van der Waals surface area contributed by atoms with E-state index in [4.69, 9.17) is 16.3 Å². The number of halogens is 1. The molecular weight excluding hydrogens is 258 g/mol. The first-order valence-electron chi connectivity index (χ1n) is 8.28. The fourth-order valence-electron chi connectivity index (χ4n) is 4.38. The van der Waals surface area contributed by atoms with E-state index in [2.05, 4.69) is 5.32 Å². The van der Waals surface area contributed by atoms with Crippen molar-refractivity contribution in [2.45, 2.75) is 82.0 Å². The first kappa shape index (κ1) is 14.2. The van der Waals surface area contributed by atoms with E-state index in [1.54, 1.807) is 0 Å². The van der Waals surface area contributed by atoms with Crippen LogP contribution in [0.3, 0.4) is 0 Å². The van der Waals surface area contributed by atoms with Gasteiger partial charge in [-0.15, -0.1) is 11.6 Å². The lowest BCUT2D eigenvalue weighted by molar-refractivity contribution is -0.0631. The minimum Gasteiger partial charge on any atom is -0.370 e. The monoisotopic (exact) mass is 285 g/mol. The van der Waals surface area contributed by atoms with Crippen molar-refractivity contribution in [1.29, 1.82) is 0 Å². The Labute approximate surface area is 122 Å². The van der Waals surface area contributed by atoms with Crippen LogP contribution in [0.2, 0.25) is 0 Å². The standard InChI is InChI=1S/C16H28ClNO/c17-11-13-5-4-6-15(13)18-12-14-7-10-16(19-14)8-2-1-3-9-16/h13-15,18H,1-12H2. The van der Waals surface area contributed by atoms with Gasteiger partial charge in [0.05, 0.1) is 11.7 Å². The molecule has 3 fully saturated rings. The van der Waals surface area contributed by atoms with Gasteiger partial charge in [0, 0.05) is 18.5 Å². The molecule has 2 aliphatic carbocycles. The molecule has 2 nitrogen and oxygen atoms in total. The quantitative estimate of drug-likeness (QED) is 0.792. The molecule has 1 saturated heterocycles. The third-order valence-corrected chi connectivity index (χ3v) is 5.96. The normalized spacial score (nSPS) is 38.1. The molecule has 1 spiro atoms. The Morgan fingerprint density at radius 2 is 1.84 bits per heavy atom. The van der Waals surface area contributed by atoms with Crippen LogP contribution in [0.5, 0.6) is 0 Å². The summed E-state index contributed by atoms with van der Waals surface area (Å²) in [6.07, 6.45) is 13.7. The lowest BCUT2D eigenvalue weighted by atomic mass is 9.83. The topological polar surface area (TPSA) is 21.3 Å². The maximum absolute atomic E-state index is 6.42. The van der Waals surface area contributed by atoms with Crippen LogP contribution in [-0.2, 0) is 4.74 Å². The molecule has 3 atom stereocenters. The molecule has 3 unspecified atom stereocenters. The minimum atomic E-state index is 0.270. The van der Waals surface area contributed by atoms with Crippen molar-refractivity contribution in [3.63, 3.8) is 0 Å². The SMILES string of the molecule is ClCC1CCCC1NCC1CCC2(CCCCC2)O1. The lowest BCUT2D eigenvalue weighted by Crippen LogP contribution is -2.40. The fraction of sp³-hybridized carbons (Fsp3) is 1.00. The van der Waals surface area contributed by atoms with Crippen molar-refractivity contribution in [3.8, 4) is 0 Å². The number of alkyl halides is 1. The second kappa shape index (κ2) is 6.32. The number of ether oxygens (including phenoxy) is 1. The summed E-state index contributed by atoms with van der Waals surface area (Å²) in [5.74, 6) is 1.50. The Balaban J connectivity index is 1.44. The smallest absolute Gasteiger partial charge is 0.0708 e. The van der Waals surface area contributed by atoms with Crippen LogP contribution in [0.1, 0.15) is 64.2 Å². The van der Waals surface area contributed by atoms with Gasteiger partial charge in [-0.1, -0.05) is 25.7 Å². The summed E-state index contributed by atoms with van der Waals surface area (Å²) in [7, 11) is 0. The highest BCUT2D eigenvalue weighted by Gasteiger charge is 2.40. The Morgan fingerprint density at radius 1 is 1.00 bits per heavy atom. The van der Waals surface area contributed by atoms with Gasteiger partial charge < -0.3 is 10.1 Å². The van der Waals surface area contributed by atoms with Crippen LogP contribution in [-0.4, -0.2) is 30.2 Å². The summed E-state index contributed by atoms with van der Waals surface area (Å²) in [5.41, 5.74) is 0.270. The molecular formula is C16H28ClNO. The predicted octanol–water partition coefficient (Wildman–Crippen LogP) is 3.87. The highest BCUT2D eigenvalue weighted by atomic mass is 35.5. The molecule has 1 N–H and O–H groups in total. The van der Waals surface area contributed by atoms with Gasteiger partial charge >= 0.3 is 0 Å². The maximum Gasteiger partial charge on any atom is 0.0708 e. The minimum absolute atomic E-state index is 0.270. The Hall–Kier alpha value is 0.210. The molecule has 3 rings (SSSR count). The molecule has 0 amide bonds. The summed E-state index contributed by atoms with van der Waals surface area (Å²) >= 11 is 6.04. The highest BCUT2D eigenvalue weighted by Crippen LogP contribution is 2.41. The second-order valence-corrected chi connectivity index (χ2v) is 7.19. The first-order chi connectivity index (χ1) is 9.31. The average Bonchev–Trinajstić information content (AvgIpc) is 3.04. The number of rotatable bonds is 4. The molecule has 19 heavy (non-hydrogen) atoms. The zero-order chi connectivity index (χ0) is 13.1.